The Balaban J connectivity index is 1.26. The van der Waals surface area contributed by atoms with Crippen LogP contribution in [0.2, 0.25) is 10.0 Å². The van der Waals surface area contributed by atoms with Crippen molar-refractivity contribution in [3.8, 4) is 0 Å². The molecule has 1 aromatic heterocycles. The van der Waals surface area contributed by atoms with Crippen molar-refractivity contribution in [2.75, 3.05) is 5.32 Å². The Kier molecular flexibility index (Phi) is 8.69. The molecule has 3 aliphatic carbocycles. The molecule has 7 nitrogen and oxygen atoms in total. The molecule has 0 aliphatic heterocycles. The minimum absolute atomic E-state index is 0.124. The van der Waals surface area contributed by atoms with Gasteiger partial charge in [0.05, 0.1) is 32.3 Å². The van der Waals surface area contributed by atoms with Gasteiger partial charge < -0.3 is 20.5 Å². The highest BCUT2D eigenvalue weighted by molar-refractivity contribution is 6.34. The molecule has 2 amide bonds. The van der Waals surface area contributed by atoms with E-state index in [0.717, 1.165) is 99.3 Å². The van der Waals surface area contributed by atoms with Crippen molar-refractivity contribution in [1.29, 1.82) is 0 Å². The van der Waals surface area contributed by atoms with E-state index in [1.165, 1.54) is 6.42 Å². The first-order valence-corrected chi connectivity index (χ1v) is 16.4. The van der Waals surface area contributed by atoms with Gasteiger partial charge in [0, 0.05) is 24.0 Å². The van der Waals surface area contributed by atoms with Gasteiger partial charge in [0.15, 0.2) is 0 Å². The van der Waals surface area contributed by atoms with Crippen LogP contribution in [0.15, 0.2) is 30.3 Å². The number of benzene rings is 2. The maximum atomic E-state index is 13.1. The van der Waals surface area contributed by atoms with Gasteiger partial charge in [-0.05, 0) is 68.4 Å². The van der Waals surface area contributed by atoms with Crippen LogP contribution in [0.4, 0.5) is 11.6 Å². The van der Waals surface area contributed by atoms with Gasteiger partial charge in [-0.1, -0.05) is 81.1 Å². The molecule has 42 heavy (non-hydrogen) atoms. The van der Waals surface area contributed by atoms with Crippen molar-refractivity contribution >= 4 is 57.7 Å². The first-order valence-electron chi connectivity index (χ1n) is 15.7. The zero-order chi connectivity index (χ0) is 29.3. The van der Waals surface area contributed by atoms with Crippen molar-refractivity contribution in [2.24, 2.45) is 5.41 Å². The SMILES string of the molecule is CC1(C(=O)NCc2ccc(Cl)c(Nc3nc4cc(C(=O)NC5CCCC5)c(Cl)cc4n3C3CCCC3)c2)CCCCC1. The van der Waals surface area contributed by atoms with E-state index >= 15 is 0 Å². The van der Waals surface area contributed by atoms with E-state index in [9.17, 15) is 9.59 Å². The summed E-state index contributed by atoms with van der Waals surface area (Å²) in [6, 6.07) is 9.99. The first-order chi connectivity index (χ1) is 20.3. The molecule has 0 radical (unpaired) electrons. The average Bonchev–Trinajstić information content (AvgIpc) is 3.75. The van der Waals surface area contributed by atoms with Gasteiger partial charge in [-0.2, -0.15) is 0 Å². The van der Waals surface area contributed by atoms with E-state index in [4.69, 9.17) is 28.2 Å². The minimum atomic E-state index is -0.286. The lowest BCUT2D eigenvalue weighted by atomic mass is 9.75. The van der Waals surface area contributed by atoms with Crippen LogP contribution < -0.4 is 16.0 Å². The molecular weight excluding hydrogens is 569 g/mol. The van der Waals surface area contributed by atoms with Crippen molar-refractivity contribution in [2.45, 2.75) is 109 Å². The number of carbonyl (C=O) groups is 2. The Morgan fingerprint density at radius 2 is 1.64 bits per heavy atom. The predicted molar refractivity (Wildman–Crippen MR) is 170 cm³/mol. The average molecular weight is 611 g/mol. The molecule has 2 aromatic carbocycles. The van der Waals surface area contributed by atoms with Crippen LogP contribution in [0.25, 0.3) is 11.0 Å². The molecule has 0 spiro atoms. The highest BCUT2D eigenvalue weighted by Crippen LogP contribution is 2.39. The molecule has 3 aliphatic rings. The molecule has 0 unspecified atom stereocenters. The normalized spacial score (nSPS) is 19.3. The third-order valence-corrected chi connectivity index (χ3v) is 10.3. The smallest absolute Gasteiger partial charge is 0.253 e. The fourth-order valence-corrected chi connectivity index (χ4v) is 7.51. The van der Waals surface area contributed by atoms with E-state index in [1.807, 2.05) is 30.3 Å². The molecule has 224 valence electrons. The van der Waals surface area contributed by atoms with Crippen LogP contribution in [0.1, 0.15) is 112 Å². The summed E-state index contributed by atoms with van der Waals surface area (Å²) in [5.74, 6) is 0.664. The predicted octanol–water partition coefficient (Wildman–Crippen LogP) is 8.46. The van der Waals surface area contributed by atoms with Gasteiger partial charge in [-0.25, -0.2) is 4.98 Å². The topological polar surface area (TPSA) is 88.1 Å². The lowest BCUT2D eigenvalue weighted by Gasteiger charge is -2.32. The van der Waals surface area contributed by atoms with Crippen LogP contribution >= 0.6 is 23.2 Å². The summed E-state index contributed by atoms with van der Waals surface area (Å²) in [7, 11) is 0. The molecule has 1 heterocycles. The summed E-state index contributed by atoms with van der Waals surface area (Å²) in [6.45, 7) is 2.52. The molecule has 3 N–H and O–H groups in total. The highest BCUT2D eigenvalue weighted by Gasteiger charge is 2.34. The fourth-order valence-electron chi connectivity index (χ4n) is 7.10. The number of fused-ring (bicyclic) bond motifs is 1. The number of aromatic nitrogens is 2. The number of hydrogen-bond donors (Lipinski definition) is 3. The van der Waals surface area contributed by atoms with Crippen LogP contribution in [0, 0.1) is 5.41 Å². The van der Waals surface area contributed by atoms with Gasteiger partial charge in [0.1, 0.15) is 0 Å². The summed E-state index contributed by atoms with van der Waals surface area (Å²) >= 11 is 13.4. The molecule has 3 aromatic rings. The lowest BCUT2D eigenvalue weighted by molar-refractivity contribution is -0.132. The van der Waals surface area contributed by atoms with Crippen molar-refractivity contribution in [1.82, 2.24) is 20.2 Å². The lowest BCUT2D eigenvalue weighted by Crippen LogP contribution is -2.39. The highest BCUT2D eigenvalue weighted by atomic mass is 35.5. The zero-order valence-electron chi connectivity index (χ0n) is 24.4. The number of imidazole rings is 1. The van der Waals surface area contributed by atoms with Crippen molar-refractivity contribution < 1.29 is 9.59 Å². The molecule has 0 saturated heterocycles. The zero-order valence-corrected chi connectivity index (χ0v) is 25.9. The maximum absolute atomic E-state index is 13.1. The number of rotatable bonds is 8. The van der Waals surface area contributed by atoms with Crippen LogP contribution in [-0.2, 0) is 11.3 Å². The quantitative estimate of drug-likeness (QED) is 0.239. The Bertz CT molecular complexity index is 1470. The van der Waals surface area contributed by atoms with Gasteiger partial charge in [-0.3, -0.25) is 9.59 Å². The van der Waals surface area contributed by atoms with E-state index in [0.29, 0.717) is 28.1 Å². The number of halogens is 2. The van der Waals surface area contributed by atoms with Crippen molar-refractivity contribution in [3.05, 3.63) is 51.5 Å². The van der Waals surface area contributed by atoms with Gasteiger partial charge >= 0.3 is 0 Å². The molecule has 0 bridgehead atoms. The van der Waals surface area contributed by atoms with Crippen LogP contribution in [0.3, 0.4) is 0 Å². The van der Waals surface area contributed by atoms with Crippen molar-refractivity contribution in [3.63, 3.8) is 0 Å². The summed E-state index contributed by atoms with van der Waals surface area (Å²) in [5.41, 5.74) is 3.50. The summed E-state index contributed by atoms with van der Waals surface area (Å²) in [6.07, 6.45) is 14.1. The van der Waals surface area contributed by atoms with E-state index < -0.39 is 0 Å². The summed E-state index contributed by atoms with van der Waals surface area (Å²) in [5, 5.41) is 10.8. The molecule has 9 heteroatoms. The third-order valence-electron chi connectivity index (χ3n) is 9.64. The van der Waals surface area contributed by atoms with Crippen LogP contribution in [0.5, 0.6) is 0 Å². The Morgan fingerprint density at radius 1 is 0.929 bits per heavy atom. The summed E-state index contributed by atoms with van der Waals surface area (Å²) in [4.78, 5) is 31.1. The standard InChI is InChI=1S/C33H41Cl2N5O2/c1-33(15-7-2-8-16-33)31(42)36-20-21-13-14-25(34)27(17-21)38-32-39-28-18-24(30(41)37-22-9-3-4-10-22)26(35)19-29(28)40(32)23-11-5-6-12-23/h13-14,17-19,22-23H,2-12,15-16,20H2,1H3,(H,36,42)(H,37,41)(H,38,39). The Labute approximate surface area is 258 Å². The number of nitrogens with one attached hydrogen (secondary N) is 3. The van der Waals surface area contributed by atoms with E-state index in [1.54, 1.807) is 0 Å². The number of nitrogens with zero attached hydrogens (tertiary/aromatic N) is 2. The number of amides is 2. The molecule has 3 saturated carbocycles. The molecule has 3 fully saturated rings. The fraction of sp³-hybridized carbons (Fsp3) is 0.545. The first kappa shape index (κ1) is 29.3. The van der Waals surface area contributed by atoms with Gasteiger partial charge in [0.2, 0.25) is 11.9 Å². The maximum Gasteiger partial charge on any atom is 0.253 e. The second-order valence-electron chi connectivity index (χ2n) is 12.8. The molecule has 0 atom stereocenters. The third kappa shape index (κ3) is 6.14. The number of carbonyl (C=O) groups excluding carboxylic acids is 2. The minimum Gasteiger partial charge on any atom is -0.352 e. The van der Waals surface area contributed by atoms with Gasteiger partial charge in [0.25, 0.3) is 5.91 Å². The Hall–Kier alpha value is -2.77. The van der Waals surface area contributed by atoms with Crippen LogP contribution in [-0.4, -0.2) is 27.4 Å². The molecule has 6 rings (SSSR count). The van der Waals surface area contributed by atoms with Gasteiger partial charge in [-0.15, -0.1) is 0 Å². The molecular formula is C33H41Cl2N5O2. The Morgan fingerprint density at radius 3 is 2.38 bits per heavy atom. The summed E-state index contributed by atoms with van der Waals surface area (Å²) < 4.78 is 2.22. The van der Waals surface area contributed by atoms with E-state index in [2.05, 4.69) is 27.4 Å². The second-order valence-corrected chi connectivity index (χ2v) is 13.6. The monoisotopic (exact) mass is 609 g/mol. The second kappa shape index (κ2) is 12.5. The number of hydrogen-bond acceptors (Lipinski definition) is 4. The number of anilines is 2. The largest absolute Gasteiger partial charge is 0.352 e. The van der Waals surface area contributed by atoms with E-state index in [-0.39, 0.29) is 29.3 Å².